The summed E-state index contributed by atoms with van der Waals surface area (Å²) < 4.78 is 0. The molecular weight excluding hydrogens is 252 g/mol. The summed E-state index contributed by atoms with van der Waals surface area (Å²) in [5.41, 5.74) is 4.06. The maximum absolute atomic E-state index is 12.5. The van der Waals surface area contributed by atoms with Crippen LogP contribution in [0.3, 0.4) is 0 Å². The van der Waals surface area contributed by atoms with E-state index in [2.05, 4.69) is 31.2 Å². The highest BCUT2D eigenvalue weighted by atomic mass is 16.2. The lowest BCUT2D eigenvalue weighted by atomic mass is 10.1. The van der Waals surface area contributed by atoms with Crippen LogP contribution in [0.15, 0.2) is 12.1 Å². The Labute approximate surface area is 121 Å². The van der Waals surface area contributed by atoms with E-state index in [-0.39, 0.29) is 11.9 Å². The van der Waals surface area contributed by atoms with E-state index in [1.165, 1.54) is 0 Å². The highest BCUT2D eigenvalue weighted by Gasteiger charge is 2.18. The summed E-state index contributed by atoms with van der Waals surface area (Å²) >= 11 is 0. The number of amides is 1. The fraction of sp³-hybridized carbons (Fsp3) is 0.600. The molecule has 0 fully saturated rings. The molecule has 0 bridgehead atoms. The third-order valence-electron chi connectivity index (χ3n) is 3.47. The molecule has 1 rings (SSSR count). The van der Waals surface area contributed by atoms with Gasteiger partial charge in [-0.25, -0.2) is 10.8 Å². The van der Waals surface area contributed by atoms with Crippen LogP contribution in [0.2, 0.25) is 0 Å². The predicted octanol–water partition coefficient (Wildman–Crippen LogP) is 2.58. The molecule has 1 unspecified atom stereocenters. The van der Waals surface area contributed by atoms with Crippen molar-refractivity contribution in [1.29, 1.82) is 0 Å². The van der Waals surface area contributed by atoms with Gasteiger partial charge in [0.05, 0.1) is 0 Å². The highest BCUT2D eigenvalue weighted by molar-refractivity contribution is 5.95. The standard InChI is InChI=1S/C15H26N4O/c1-5-7-11(3)19(4)15(20)12-9-13(8-6-2)17-14(10-12)18-16/h9-11H,5-8,16H2,1-4H3,(H,17,18). The van der Waals surface area contributed by atoms with E-state index < -0.39 is 0 Å². The molecule has 0 aliphatic heterocycles. The topological polar surface area (TPSA) is 71.2 Å². The number of hydrogen-bond acceptors (Lipinski definition) is 4. The van der Waals surface area contributed by atoms with E-state index in [0.29, 0.717) is 11.4 Å². The number of carbonyl (C=O) groups excluding carboxylic acids is 1. The van der Waals surface area contributed by atoms with Gasteiger partial charge in [-0.1, -0.05) is 26.7 Å². The van der Waals surface area contributed by atoms with Gasteiger partial charge in [-0.3, -0.25) is 4.79 Å². The molecule has 0 saturated heterocycles. The zero-order valence-electron chi connectivity index (χ0n) is 12.9. The number of pyridine rings is 1. The van der Waals surface area contributed by atoms with Crippen LogP contribution in [0, 0.1) is 0 Å². The second kappa shape index (κ2) is 7.85. The molecule has 0 aromatic carbocycles. The van der Waals surface area contributed by atoms with Gasteiger partial charge >= 0.3 is 0 Å². The normalized spacial score (nSPS) is 12.1. The molecule has 0 aliphatic carbocycles. The van der Waals surface area contributed by atoms with Gasteiger partial charge in [0, 0.05) is 24.3 Å². The first-order valence-electron chi connectivity index (χ1n) is 7.28. The second-order valence-electron chi connectivity index (χ2n) is 5.18. The van der Waals surface area contributed by atoms with Crippen molar-refractivity contribution in [2.75, 3.05) is 12.5 Å². The first-order chi connectivity index (χ1) is 9.53. The Morgan fingerprint density at radius 2 is 2.10 bits per heavy atom. The van der Waals surface area contributed by atoms with Gasteiger partial charge in [0.25, 0.3) is 5.91 Å². The summed E-state index contributed by atoms with van der Waals surface area (Å²) in [6.45, 7) is 6.27. The molecule has 1 aromatic rings. The lowest BCUT2D eigenvalue weighted by Crippen LogP contribution is -2.35. The number of nitrogens with zero attached hydrogens (tertiary/aromatic N) is 2. The molecule has 0 aliphatic rings. The number of nitrogen functional groups attached to an aromatic ring is 1. The molecule has 0 saturated carbocycles. The number of nitrogens with one attached hydrogen (secondary N) is 1. The summed E-state index contributed by atoms with van der Waals surface area (Å²) in [5, 5.41) is 0. The van der Waals surface area contributed by atoms with Crippen LogP contribution in [0.5, 0.6) is 0 Å². The van der Waals surface area contributed by atoms with E-state index in [4.69, 9.17) is 5.84 Å². The maximum Gasteiger partial charge on any atom is 0.254 e. The number of nitrogens with two attached hydrogens (primary N) is 1. The summed E-state index contributed by atoms with van der Waals surface area (Å²) in [6.07, 6.45) is 3.88. The van der Waals surface area contributed by atoms with Gasteiger partial charge in [0.15, 0.2) is 0 Å². The van der Waals surface area contributed by atoms with Crippen molar-refractivity contribution in [1.82, 2.24) is 9.88 Å². The minimum absolute atomic E-state index is 0.0159. The third-order valence-corrected chi connectivity index (χ3v) is 3.47. The molecule has 3 N–H and O–H groups in total. The van der Waals surface area contributed by atoms with Crippen molar-refractivity contribution in [3.05, 3.63) is 23.4 Å². The highest BCUT2D eigenvalue weighted by Crippen LogP contribution is 2.15. The van der Waals surface area contributed by atoms with Crippen LogP contribution in [-0.4, -0.2) is 28.9 Å². The van der Waals surface area contributed by atoms with Crippen LogP contribution < -0.4 is 11.3 Å². The van der Waals surface area contributed by atoms with E-state index in [1.54, 1.807) is 11.0 Å². The molecule has 0 radical (unpaired) electrons. The van der Waals surface area contributed by atoms with Crippen molar-refractivity contribution >= 4 is 11.7 Å². The summed E-state index contributed by atoms with van der Waals surface area (Å²) in [7, 11) is 1.85. The number of hydrogen-bond donors (Lipinski definition) is 2. The monoisotopic (exact) mass is 278 g/mol. The Hall–Kier alpha value is -1.62. The Morgan fingerprint density at radius 3 is 2.65 bits per heavy atom. The van der Waals surface area contributed by atoms with Gasteiger partial charge in [0.2, 0.25) is 0 Å². The Bertz CT molecular complexity index is 447. The van der Waals surface area contributed by atoms with Crippen LogP contribution in [0.1, 0.15) is 56.1 Å². The number of aromatic nitrogens is 1. The molecule has 5 nitrogen and oxygen atoms in total. The van der Waals surface area contributed by atoms with E-state index >= 15 is 0 Å². The molecule has 5 heteroatoms. The Morgan fingerprint density at radius 1 is 1.40 bits per heavy atom. The summed E-state index contributed by atoms with van der Waals surface area (Å²) in [4.78, 5) is 18.7. The molecule has 1 heterocycles. The van der Waals surface area contributed by atoms with Crippen LogP contribution in [0.25, 0.3) is 0 Å². The number of hydrazine groups is 1. The first-order valence-corrected chi connectivity index (χ1v) is 7.28. The molecule has 0 spiro atoms. The van der Waals surface area contributed by atoms with Crippen LogP contribution in [-0.2, 0) is 6.42 Å². The van der Waals surface area contributed by atoms with E-state index in [9.17, 15) is 4.79 Å². The molecule has 112 valence electrons. The number of rotatable bonds is 7. The average Bonchev–Trinajstić information content (AvgIpc) is 2.45. The quantitative estimate of drug-likeness (QED) is 0.594. The molecule has 1 amide bonds. The molecule has 1 aromatic heterocycles. The van der Waals surface area contributed by atoms with Crippen molar-refractivity contribution in [2.45, 2.75) is 52.5 Å². The third kappa shape index (κ3) is 4.20. The fourth-order valence-electron chi connectivity index (χ4n) is 2.18. The Balaban J connectivity index is 2.99. The van der Waals surface area contributed by atoms with Crippen molar-refractivity contribution in [3.63, 3.8) is 0 Å². The molecular formula is C15H26N4O. The van der Waals surface area contributed by atoms with Crippen LogP contribution >= 0.6 is 0 Å². The first kappa shape index (κ1) is 16.4. The average molecular weight is 278 g/mol. The van der Waals surface area contributed by atoms with Gasteiger partial charge in [-0.05, 0) is 31.9 Å². The number of carbonyl (C=O) groups is 1. The minimum atomic E-state index is 0.0159. The smallest absolute Gasteiger partial charge is 0.254 e. The van der Waals surface area contributed by atoms with Crippen molar-refractivity contribution < 1.29 is 4.79 Å². The predicted molar refractivity (Wildman–Crippen MR) is 82.5 cm³/mol. The summed E-state index contributed by atoms with van der Waals surface area (Å²) in [6, 6.07) is 3.79. The maximum atomic E-state index is 12.5. The van der Waals surface area contributed by atoms with Gasteiger partial charge < -0.3 is 10.3 Å². The van der Waals surface area contributed by atoms with E-state index in [0.717, 1.165) is 31.4 Å². The van der Waals surface area contributed by atoms with E-state index in [1.807, 2.05) is 13.1 Å². The lowest BCUT2D eigenvalue weighted by molar-refractivity contribution is 0.0736. The van der Waals surface area contributed by atoms with Gasteiger partial charge in [0.1, 0.15) is 5.82 Å². The fourth-order valence-corrected chi connectivity index (χ4v) is 2.18. The van der Waals surface area contributed by atoms with Crippen molar-refractivity contribution in [2.24, 2.45) is 5.84 Å². The SMILES string of the molecule is CCCc1cc(C(=O)N(C)C(C)CCC)cc(NN)n1. The lowest BCUT2D eigenvalue weighted by Gasteiger charge is -2.25. The number of aryl methyl sites for hydroxylation is 1. The zero-order chi connectivity index (χ0) is 15.1. The summed E-state index contributed by atoms with van der Waals surface area (Å²) in [5.74, 6) is 5.98. The molecule has 20 heavy (non-hydrogen) atoms. The van der Waals surface area contributed by atoms with Gasteiger partial charge in [-0.15, -0.1) is 0 Å². The second-order valence-corrected chi connectivity index (χ2v) is 5.18. The minimum Gasteiger partial charge on any atom is -0.339 e. The zero-order valence-corrected chi connectivity index (χ0v) is 12.9. The molecule has 1 atom stereocenters. The Kier molecular flexibility index (Phi) is 6.45. The largest absolute Gasteiger partial charge is 0.339 e. The number of anilines is 1. The van der Waals surface area contributed by atoms with Crippen molar-refractivity contribution in [3.8, 4) is 0 Å². The van der Waals surface area contributed by atoms with Crippen LogP contribution in [0.4, 0.5) is 5.82 Å². The van der Waals surface area contributed by atoms with Gasteiger partial charge in [-0.2, -0.15) is 0 Å².